The summed E-state index contributed by atoms with van der Waals surface area (Å²) in [5.74, 6) is -0.459. The van der Waals surface area contributed by atoms with Gasteiger partial charge in [-0.3, -0.25) is 4.79 Å². The highest BCUT2D eigenvalue weighted by atomic mass is 79.9. The maximum absolute atomic E-state index is 13.5. The molecule has 0 saturated heterocycles. The molecule has 0 N–H and O–H groups in total. The lowest BCUT2D eigenvalue weighted by Crippen LogP contribution is -2.20. The highest BCUT2D eigenvalue weighted by Crippen LogP contribution is 2.33. The SMILES string of the molecule is CCOC(=O)c1c(-c2ccccc2)n2c(=O)c3ccccc3n2c2ccc(Br)cc12. The number of halogens is 1. The Morgan fingerprint density at radius 2 is 1.60 bits per heavy atom. The van der Waals surface area contributed by atoms with Crippen LogP contribution in [-0.4, -0.2) is 21.6 Å². The van der Waals surface area contributed by atoms with Gasteiger partial charge in [0.05, 0.1) is 34.3 Å². The standard InChI is InChI=1S/C24H17BrN2O3/c1-2-30-24(29)21-18-14-16(25)12-13-20(18)26-19-11-7-6-10-17(19)23(28)27(26)22(21)15-8-4-3-5-9-15/h3-14H,2H2,1H3. The van der Waals surface area contributed by atoms with Crippen molar-refractivity contribution in [3.05, 3.63) is 93.2 Å². The lowest BCUT2D eigenvalue weighted by molar-refractivity contribution is 0.0529. The third-order valence-corrected chi connectivity index (χ3v) is 5.68. The molecule has 0 aliphatic carbocycles. The quantitative estimate of drug-likeness (QED) is 0.342. The molecule has 0 amide bonds. The highest BCUT2D eigenvalue weighted by Gasteiger charge is 2.25. The Morgan fingerprint density at radius 1 is 0.900 bits per heavy atom. The molecule has 0 atom stereocenters. The van der Waals surface area contributed by atoms with Gasteiger partial charge in [0.25, 0.3) is 5.56 Å². The molecule has 0 spiro atoms. The van der Waals surface area contributed by atoms with E-state index in [1.807, 2.05) is 71.2 Å². The first-order valence-corrected chi connectivity index (χ1v) is 10.4. The fourth-order valence-electron chi connectivity index (χ4n) is 3.99. The Hall–Kier alpha value is -3.38. The number of aromatic nitrogens is 2. The Morgan fingerprint density at radius 3 is 2.37 bits per heavy atom. The largest absolute Gasteiger partial charge is 0.462 e. The normalized spacial score (nSPS) is 11.4. The molecule has 0 bridgehead atoms. The molecule has 3 aromatic carbocycles. The van der Waals surface area contributed by atoms with Crippen molar-refractivity contribution in [2.24, 2.45) is 0 Å². The van der Waals surface area contributed by atoms with Crippen molar-refractivity contribution in [1.29, 1.82) is 0 Å². The van der Waals surface area contributed by atoms with E-state index < -0.39 is 5.97 Å². The lowest BCUT2D eigenvalue weighted by Gasteiger charge is -2.17. The monoisotopic (exact) mass is 460 g/mol. The van der Waals surface area contributed by atoms with Gasteiger partial charge in [0.1, 0.15) is 0 Å². The highest BCUT2D eigenvalue weighted by molar-refractivity contribution is 9.10. The topological polar surface area (TPSA) is 52.2 Å². The van der Waals surface area contributed by atoms with Crippen LogP contribution in [0.1, 0.15) is 17.3 Å². The first-order chi connectivity index (χ1) is 14.6. The number of carbonyl (C=O) groups is 1. The molecule has 5 nitrogen and oxygen atoms in total. The molecule has 2 heterocycles. The number of benzene rings is 3. The van der Waals surface area contributed by atoms with Gasteiger partial charge in [-0.15, -0.1) is 0 Å². The van der Waals surface area contributed by atoms with Crippen LogP contribution in [0.2, 0.25) is 0 Å². The number of hydrogen-bond acceptors (Lipinski definition) is 3. The van der Waals surface area contributed by atoms with Gasteiger partial charge in [0, 0.05) is 15.4 Å². The molecule has 30 heavy (non-hydrogen) atoms. The van der Waals surface area contributed by atoms with Gasteiger partial charge in [0.15, 0.2) is 0 Å². The third kappa shape index (κ3) is 2.68. The minimum atomic E-state index is -0.459. The number of para-hydroxylation sites is 1. The van der Waals surface area contributed by atoms with Crippen LogP contribution in [0.4, 0.5) is 0 Å². The van der Waals surface area contributed by atoms with Crippen LogP contribution in [0.15, 0.2) is 82.1 Å². The predicted molar refractivity (Wildman–Crippen MR) is 121 cm³/mol. The summed E-state index contributed by atoms with van der Waals surface area (Å²) in [7, 11) is 0. The van der Waals surface area contributed by atoms with Gasteiger partial charge in [-0.2, -0.15) is 0 Å². The number of hydrogen-bond donors (Lipinski definition) is 0. The van der Waals surface area contributed by atoms with Crippen molar-refractivity contribution in [2.75, 3.05) is 6.61 Å². The van der Waals surface area contributed by atoms with Crippen LogP contribution < -0.4 is 5.56 Å². The van der Waals surface area contributed by atoms with E-state index in [1.54, 1.807) is 17.5 Å². The smallest absolute Gasteiger partial charge is 0.341 e. The first-order valence-electron chi connectivity index (χ1n) is 9.62. The Bertz CT molecular complexity index is 1500. The zero-order valence-electron chi connectivity index (χ0n) is 16.1. The fraction of sp³-hybridized carbons (Fsp3) is 0.0833. The zero-order chi connectivity index (χ0) is 20.8. The van der Waals surface area contributed by atoms with Crippen molar-refractivity contribution in [3.63, 3.8) is 0 Å². The molecule has 0 aliphatic rings. The summed E-state index contributed by atoms with van der Waals surface area (Å²) < 4.78 is 9.72. The van der Waals surface area contributed by atoms with Crippen molar-refractivity contribution in [2.45, 2.75) is 6.92 Å². The van der Waals surface area contributed by atoms with Crippen LogP contribution in [-0.2, 0) is 4.74 Å². The summed E-state index contributed by atoms with van der Waals surface area (Å²) in [5.41, 5.74) is 3.00. The lowest BCUT2D eigenvalue weighted by atomic mass is 10.0. The number of esters is 1. The van der Waals surface area contributed by atoms with E-state index in [0.717, 1.165) is 21.1 Å². The number of carbonyl (C=O) groups excluding carboxylic acids is 1. The molecular weight excluding hydrogens is 444 g/mol. The maximum Gasteiger partial charge on any atom is 0.341 e. The molecule has 0 saturated carbocycles. The molecular formula is C24H17BrN2O3. The molecule has 5 rings (SSSR count). The predicted octanol–water partition coefficient (Wildman–Crippen LogP) is 5.31. The van der Waals surface area contributed by atoms with Gasteiger partial charge in [-0.05, 0) is 37.3 Å². The average Bonchev–Trinajstić information content (AvgIpc) is 3.06. The molecule has 0 aliphatic heterocycles. The maximum atomic E-state index is 13.5. The van der Waals surface area contributed by atoms with Crippen LogP contribution in [0.5, 0.6) is 0 Å². The van der Waals surface area contributed by atoms with Gasteiger partial charge in [-0.25, -0.2) is 13.8 Å². The summed E-state index contributed by atoms with van der Waals surface area (Å²) in [6, 6.07) is 22.6. The van der Waals surface area contributed by atoms with Crippen molar-refractivity contribution in [1.82, 2.24) is 9.03 Å². The zero-order valence-corrected chi connectivity index (χ0v) is 17.7. The van der Waals surface area contributed by atoms with E-state index in [0.29, 0.717) is 22.0 Å². The Kier molecular flexibility index (Phi) is 4.44. The number of nitrogens with zero attached hydrogens (tertiary/aromatic N) is 2. The van der Waals surface area contributed by atoms with Crippen molar-refractivity contribution >= 4 is 43.7 Å². The molecule has 148 valence electrons. The third-order valence-electron chi connectivity index (χ3n) is 5.19. The van der Waals surface area contributed by atoms with Crippen LogP contribution in [0.25, 0.3) is 33.1 Å². The summed E-state index contributed by atoms with van der Waals surface area (Å²) in [6.07, 6.45) is 0. The molecule has 2 aromatic heterocycles. The van der Waals surface area contributed by atoms with E-state index in [9.17, 15) is 9.59 Å². The molecule has 0 fully saturated rings. The molecule has 5 aromatic rings. The molecule has 0 radical (unpaired) electrons. The van der Waals surface area contributed by atoms with Gasteiger partial charge < -0.3 is 4.74 Å². The number of ether oxygens (including phenoxy) is 1. The Labute approximate surface area is 180 Å². The Balaban J connectivity index is 2.14. The van der Waals surface area contributed by atoms with E-state index in [1.165, 1.54) is 0 Å². The van der Waals surface area contributed by atoms with Crippen molar-refractivity contribution in [3.8, 4) is 11.3 Å². The molecule has 0 unspecified atom stereocenters. The number of rotatable bonds is 3. The summed E-state index contributed by atoms with van der Waals surface area (Å²) in [5, 5.41) is 1.30. The summed E-state index contributed by atoms with van der Waals surface area (Å²) in [6.45, 7) is 2.01. The minimum absolute atomic E-state index is 0.181. The van der Waals surface area contributed by atoms with Crippen LogP contribution in [0, 0.1) is 0 Å². The minimum Gasteiger partial charge on any atom is -0.462 e. The molecule has 6 heteroatoms. The second kappa shape index (κ2) is 7.15. The van der Waals surface area contributed by atoms with E-state index in [-0.39, 0.29) is 12.2 Å². The second-order valence-corrected chi connectivity index (χ2v) is 7.83. The van der Waals surface area contributed by atoms with E-state index in [2.05, 4.69) is 15.9 Å². The van der Waals surface area contributed by atoms with E-state index in [4.69, 9.17) is 4.74 Å². The van der Waals surface area contributed by atoms with Crippen molar-refractivity contribution < 1.29 is 9.53 Å². The van der Waals surface area contributed by atoms with E-state index >= 15 is 0 Å². The van der Waals surface area contributed by atoms with Crippen LogP contribution in [0.3, 0.4) is 0 Å². The van der Waals surface area contributed by atoms with Crippen LogP contribution >= 0.6 is 15.9 Å². The second-order valence-electron chi connectivity index (χ2n) is 6.92. The summed E-state index contributed by atoms with van der Waals surface area (Å²) >= 11 is 3.52. The number of fused-ring (bicyclic) bond motifs is 5. The van der Waals surface area contributed by atoms with Gasteiger partial charge in [-0.1, -0.05) is 58.4 Å². The fourth-order valence-corrected chi connectivity index (χ4v) is 4.35. The first kappa shape index (κ1) is 18.6. The average molecular weight is 461 g/mol. The van der Waals surface area contributed by atoms with Gasteiger partial charge >= 0.3 is 5.97 Å². The van der Waals surface area contributed by atoms with Gasteiger partial charge in [0.2, 0.25) is 0 Å². The summed E-state index contributed by atoms with van der Waals surface area (Å²) in [4.78, 5) is 26.7.